The molecule has 0 aliphatic carbocycles. The number of benzene rings is 3. The maximum atomic E-state index is 13.9. The number of aromatic nitrogens is 3. The Hall–Kier alpha value is -3.62. The highest BCUT2D eigenvalue weighted by atomic mass is 35.5. The number of hydrogen-bond acceptors (Lipinski definition) is 5. The first-order valence-corrected chi connectivity index (χ1v) is 10.4. The topological polar surface area (TPSA) is 80.0 Å². The van der Waals surface area contributed by atoms with Gasteiger partial charge in [-0.3, -0.25) is 4.79 Å². The molecule has 0 spiro atoms. The second-order valence-electron chi connectivity index (χ2n) is 7.40. The van der Waals surface area contributed by atoms with Gasteiger partial charge in [0.1, 0.15) is 11.6 Å². The Kier molecular flexibility index (Phi) is 6.48. The lowest BCUT2D eigenvalue weighted by Crippen LogP contribution is -2.07. The van der Waals surface area contributed by atoms with Crippen LogP contribution in [0, 0.1) is 18.6 Å². The molecular weight excluding hydrogens is 450 g/mol. The normalized spacial score (nSPS) is 10.9. The first-order chi connectivity index (χ1) is 15.9. The van der Waals surface area contributed by atoms with Gasteiger partial charge in [-0.15, -0.1) is 5.10 Å². The van der Waals surface area contributed by atoms with Gasteiger partial charge in [0, 0.05) is 35.9 Å². The molecule has 0 unspecified atom stereocenters. The molecule has 1 heterocycles. The van der Waals surface area contributed by atoms with Gasteiger partial charge in [-0.1, -0.05) is 22.9 Å². The molecule has 6 nitrogen and oxygen atoms in total. The smallest absolute Gasteiger partial charge is 0.194 e. The molecule has 0 saturated heterocycles. The molecule has 168 valence electrons. The molecule has 2 N–H and O–H groups in total. The number of anilines is 2. The third-order valence-electron chi connectivity index (χ3n) is 5.06. The summed E-state index contributed by atoms with van der Waals surface area (Å²) in [6.45, 7) is 1.78. The fourth-order valence-corrected chi connectivity index (χ4v) is 3.59. The van der Waals surface area contributed by atoms with Crippen molar-refractivity contribution in [2.75, 3.05) is 11.9 Å². The van der Waals surface area contributed by atoms with Gasteiger partial charge in [0.05, 0.1) is 28.3 Å². The van der Waals surface area contributed by atoms with Crippen molar-refractivity contribution in [2.24, 2.45) is 0 Å². The summed E-state index contributed by atoms with van der Waals surface area (Å²) >= 11 is 6.38. The van der Waals surface area contributed by atoms with Gasteiger partial charge in [-0.25, -0.2) is 13.5 Å². The minimum absolute atomic E-state index is 0.0362. The number of nitrogens with zero attached hydrogens (tertiary/aromatic N) is 3. The fraction of sp³-hybridized carbons (Fsp3) is 0.125. The molecule has 0 radical (unpaired) electrons. The predicted octanol–water partition coefficient (Wildman–Crippen LogP) is 5.02. The number of aliphatic hydroxyl groups excluding tert-OH is 1. The van der Waals surface area contributed by atoms with Crippen molar-refractivity contribution in [1.29, 1.82) is 0 Å². The van der Waals surface area contributed by atoms with Crippen LogP contribution < -0.4 is 5.32 Å². The average Bonchev–Trinajstić information content (AvgIpc) is 3.25. The SMILES string of the molecule is Cc1ccc(-n2cc(CCO)nn2)cc1C(=O)c1ccc(Nc2cc(F)ccc2F)cc1Cl. The lowest BCUT2D eigenvalue weighted by molar-refractivity contribution is 0.103. The molecule has 0 saturated carbocycles. The minimum atomic E-state index is -0.615. The van der Waals surface area contributed by atoms with E-state index in [4.69, 9.17) is 16.7 Å². The molecule has 3 aromatic carbocycles. The monoisotopic (exact) mass is 468 g/mol. The fourth-order valence-electron chi connectivity index (χ4n) is 3.32. The lowest BCUT2D eigenvalue weighted by atomic mass is 9.98. The van der Waals surface area contributed by atoms with E-state index < -0.39 is 11.6 Å². The first-order valence-electron chi connectivity index (χ1n) is 10.0. The first kappa shape index (κ1) is 22.6. The van der Waals surface area contributed by atoms with Crippen LogP contribution in [0.2, 0.25) is 5.02 Å². The van der Waals surface area contributed by atoms with E-state index in [1.165, 1.54) is 16.8 Å². The van der Waals surface area contributed by atoms with E-state index in [2.05, 4.69) is 15.6 Å². The Morgan fingerprint density at radius 1 is 1.09 bits per heavy atom. The van der Waals surface area contributed by atoms with Crippen LogP contribution in [-0.4, -0.2) is 32.5 Å². The number of ketones is 1. The van der Waals surface area contributed by atoms with E-state index in [1.807, 2.05) is 13.0 Å². The van der Waals surface area contributed by atoms with Gasteiger partial charge in [0.15, 0.2) is 5.78 Å². The van der Waals surface area contributed by atoms with Crippen molar-refractivity contribution in [3.05, 3.63) is 99.8 Å². The highest BCUT2D eigenvalue weighted by Gasteiger charge is 2.17. The van der Waals surface area contributed by atoms with Crippen LogP contribution >= 0.6 is 11.6 Å². The van der Waals surface area contributed by atoms with Crippen LogP contribution in [0.5, 0.6) is 0 Å². The van der Waals surface area contributed by atoms with Gasteiger partial charge < -0.3 is 10.4 Å². The maximum absolute atomic E-state index is 13.9. The standard InChI is InChI=1S/C24H19ClF2N4O2/c1-14-2-5-18(31-13-17(8-9-32)29-30-31)12-20(14)24(33)19-6-4-16(11-21(19)25)28-23-10-15(26)3-7-22(23)27/h2-7,10-13,28,32H,8-9H2,1H3. The molecule has 0 aliphatic rings. The molecule has 0 fully saturated rings. The van der Waals surface area contributed by atoms with E-state index in [0.29, 0.717) is 29.1 Å². The zero-order valence-corrected chi connectivity index (χ0v) is 18.3. The highest BCUT2D eigenvalue weighted by molar-refractivity contribution is 6.35. The second-order valence-corrected chi connectivity index (χ2v) is 7.81. The van der Waals surface area contributed by atoms with Crippen LogP contribution in [0.25, 0.3) is 5.69 Å². The van der Waals surface area contributed by atoms with Crippen molar-refractivity contribution < 1.29 is 18.7 Å². The van der Waals surface area contributed by atoms with Gasteiger partial charge in [0.25, 0.3) is 0 Å². The number of carbonyl (C=O) groups is 1. The zero-order valence-electron chi connectivity index (χ0n) is 17.5. The zero-order chi connectivity index (χ0) is 23.5. The van der Waals surface area contributed by atoms with Crippen LogP contribution in [-0.2, 0) is 6.42 Å². The van der Waals surface area contributed by atoms with E-state index in [-0.39, 0.29) is 28.7 Å². The van der Waals surface area contributed by atoms with Crippen molar-refractivity contribution in [3.63, 3.8) is 0 Å². The largest absolute Gasteiger partial charge is 0.396 e. The number of aliphatic hydroxyl groups is 1. The summed E-state index contributed by atoms with van der Waals surface area (Å²) in [7, 11) is 0. The van der Waals surface area contributed by atoms with E-state index in [9.17, 15) is 13.6 Å². The molecule has 4 aromatic rings. The molecule has 33 heavy (non-hydrogen) atoms. The van der Waals surface area contributed by atoms with Crippen molar-refractivity contribution in [1.82, 2.24) is 15.0 Å². The van der Waals surface area contributed by atoms with Gasteiger partial charge >= 0.3 is 0 Å². The number of hydrogen-bond donors (Lipinski definition) is 2. The highest BCUT2D eigenvalue weighted by Crippen LogP contribution is 2.28. The predicted molar refractivity (Wildman–Crippen MR) is 121 cm³/mol. The van der Waals surface area contributed by atoms with E-state index >= 15 is 0 Å². The lowest BCUT2D eigenvalue weighted by Gasteiger charge is -2.12. The molecule has 0 amide bonds. The Morgan fingerprint density at radius 3 is 2.67 bits per heavy atom. The number of carbonyl (C=O) groups excluding carboxylic acids is 1. The Labute approximate surface area is 193 Å². The second kappa shape index (κ2) is 9.48. The van der Waals surface area contributed by atoms with Crippen molar-refractivity contribution in [2.45, 2.75) is 13.3 Å². The maximum Gasteiger partial charge on any atom is 0.194 e. The van der Waals surface area contributed by atoms with E-state index in [1.54, 1.807) is 24.4 Å². The Bertz CT molecular complexity index is 1340. The molecule has 0 bridgehead atoms. The summed E-state index contributed by atoms with van der Waals surface area (Å²) < 4.78 is 28.9. The van der Waals surface area contributed by atoms with Crippen LogP contribution in [0.4, 0.5) is 20.2 Å². The number of aryl methyl sites for hydroxylation is 1. The summed E-state index contributed by atoms with van der Waals surface area (Å²) in [5.41, 5.74) is 3.09. The van der Waals surface area contributed by atoms with Gasteiger partial charge in [0.2, 0.25) is 0 Å². The molecule has 4 rings (SSSR count). The van der Waals surface area contributed by atoms with Crippen molar-refractivity contribution >= 4 is 28.8 Å². The molecule has 0 atom stereocenters. The Balaban J connectivity index is 1.61. The number of nitrogens with one attached hydrogen (secondary N) is 1. The molecule has 1 aromatic heterocycles. The molecular formula is C24H19ClF2N4O2. The van der Waals surface area contributed by atoms with Crippen molar-refractivity contribution in [3.8, 4) is 5.69 Å². The summed E-state index contributed by atoms with van der Waals surface area (Å²) in [6, 6.07) is 13.0. The summed E-state index contributed by atoms with van der Waals surface area (Å²) in [4.78, 5) is 13.3. The van der Waals surface area contributed by atoms with E-state index in [0.717, 1.165) is 23.8 Å². The summed E-state index contributed by atoms with van der Waals surface area (Å²) in [5.74, 6) is -1.49. The van der Waals surface area contributed by atoms with Crippen LogP contribution in [0.1, 0.15) is 27.2 Å². The minimum Gasteiger partial charge on any atom is -0.396 e. The van der Waals surface area contributed by atoms with Crippen LogP contribution in [0.15, 0.2) is 60.8 Å². The summed E-state index contributed by atoms with van der Waals surface area (Å²) in [5, 5.41) is 20.0. The quantitative estimate of drug-likeness (QED) is 0.372. The number of rotatable bonds is 7. The molecule has 0 aliphatic heterocycles. The molecule has 9 heteroatoms. The summed E-state index contributed by atoms with van der Waals surface area (Å²) in [6.07, 6.45) is 2.07. The van der Waals surface area contributed by atoms with Crippen LogP contribution in [0.3, 0.4) is 0 Å². The number of halogens is 3. The third kappa shape index (κ3) is 4.92. The van der Waals surface area contributed by atoms with Gasteiger partial charge in [-0.05, 0) is 55.0 Å². The Morgan fingerprint density at radius 2 is 1.91 bits per heavy atom. The van der Waals surface area contributed by atoms with Gasteiger partial charge in [-0.2, -0.15) is 0 Å². The average molecular weight is 469 g/mol. The third-order valence-corrected chi connectivity index (χ3v) is 5.37.